The van der Waals surface area contributed by atoms with E-state index in [0.29, 0.717) is 5.03 Å². The number of benzene rings is 1. The summed E-state index contributed by atoms with van der Waals surface area (Å²) in [5, 5.41) is 5.19. The Hall–Kier alpha value is -2.43. The Morgan fingerprint density at radius 3 is 2.88 bits per heavy atom. The van der Waals surface area contributed by atoms with Crippen LogP contribution in [0.3, 0.4) is 0 Å². The number of nitrogen functional groups attached to an aromatic ring is 1. The van der Waals surface area contributed by atoms with Crippen LogP contribution >= 0.6 is 23.2 Å². The standard InChI is InChI=1S/C20H16Cl2N4/c21-14-5-3-6-15(22)18(14)19-13-10-26(23)20-17(13)12(8-9-24-20)11-4-1-2-7-16(11)25-19/h1-5,7-10,15,19,25H,6,23H2. The fraction of sp³-hybridized carbons (Fsp3) is 0.150. The van der Waals surface area contributed by atoms with Crippen LogP contribution in [0.5, 0.6) is 0 Å². The van der Waals surface area contributed by atoms with Crippen LogP contribution in [0.2, 0.25) is 0 Å². The normalized spacial score (nSPS) is 21.5. The van der Waals surface area contributed by atoms with Crippen molar-refractivity contribution in [1.82, 2.24) is 9.66 Å². The highest BCUT2D eigenvalue weighted by atomic mass is 35.5. The predicted molar refractivity (Wildman–Crippen MR) is 108 cm³/mol. The fourth-order valence-corrected chi connectivity index (χ4v) is 4.69. The molecule has 0 fully saturated rings. The van der Waals surface area contributed by atoms with Crippen LogP contribution in [0, 0.1) is 0 Å². The molecule has 26 heavy (non-hydrogen) atoms. The minimum absolute atomic E-state index is 0.172. The van der Waals surface area contributed by atoms with Gasteiger partial charge in [-0.1, -0.05) is 35.9 Å². The van der Waals surface area contributed by atoms with E-state index in [2.05, 4.69) is 22.4 Å². The summed E-state index contributed by atoms with van der Waals surface area (Å²) in [5.41, 5.74) is 6.01. The molecule has 6 heteroatoms. The van der Waals surface area contributed by atoms with Crippen LogP contribution in [-0.4, -0.2) is 15.0 Å². The summed E-state index contributed by atoms with van der Waals surface area (Å²) in [6.07, 6.45) is 8.40. The lowest BCUT2D eigenvalue weighted by molar-refractivity contribution is 0.815. The Morgan fingerprint density at radius 1 is 1.19 bits per heavy atom. The van der Waals surface area contributed by atoms with Gasteiger partial charge < -0.3 is 11.2 Å². The van der Waals surface area contributed by atoms with Crippen molar-refractivity contribution in [1.29, 1.82) is 0 Å². The van der Waals surface area contributed by atoms with Crippen molar-refractivity contribution in [3.63, 3.8) is 0 Å². The lowest BCUT2D eigenvalue weighted by Gasteiger charge is -2.27. The summed E-state index contributed by atoms with van der Waals surface area (Å²) in [6, 6.07) is 10.1. The van der Waals surface area contributed by atoms with Gasteiger partial charge in [-0.25, -0.2) is 4.98 Å². The van der Waals surface area contributed by atoms with Crippen molar-refractivity contribution in [3.05, 3.63) is 71.0 Å². The van der Waals surface area contributed by atoms with Gasteiger partial charge in [-0.2, -0.15) is 0 Å². The molecule has 3 N–H and O–H groups in total. The van der Waals surface area contributed by atoms with Gasteiger partial charge in [0.05, 0.1) is 11.4 Å². The van der Waals surface area contributed by atoms with Crippen molar-refractivity contribution in [2.24, 2.45) is 0 Å². The molecule has 4 nitrogen and oxygen atoms in total. The van der Waals surface area contributed by atoms with E-state index in [-0.39, 0.29) is 11.4 Å². The predicted octanol–water partition coefficient (Wildman–Crippen LogP) is 4.94. The van der Waals surface area contributed by atoms with Crippen LogP contribution < -0.4 is 11.2 Å². The number of pyridine rings is 1. The minimum Gasteiger partial charge on any atom is -0.374 e. The van der Waals surface area contributed by atoms with E-state index >= 15 is 0 Å². The number of para-hydroxylation sites is 1. The molecule has 2 aromatic heterocycles. The lowest BCUT2D eigenvalue weighted by atomic mass is 9.91. The molecule has 1 aliphatic heterocycles. The molecular weight excluding hydrogens is 367 g/mol. The summed E-state index contributed by atoms with van der Waals surface area (Å²) >= 11 is 13.2. The monoisotopic (exact) mass is 382 g/mol. The first-order valence-corrected chi connectivity index (χ1v) is 9.27. The molecular formula is C20H16Cl2N4. The Labute approximate surface area is 160 Å². The quantitative estimate of drug-likeness (QED) is 0.462. The number of nitrogens with zero attached hydrogens (tertiary/aromatic N) is 2. The first-order chi connectivity index (χ1) is 12.6. The summed E-state index contributed by atoms with van der Waals surface area (Å²) < 4.78 is 1.58. The summed E-state index contributed by atoms with van der Waals surface area (Å²) in [5.74, 6) is 6.21. The number of hydrogen-bond donors (Lipinski definition) is 2. The molecule has 2 aliphatic rings. The number of anilines is 1. The molecule has 0 saturated carbocycles. The fourth-order valence-electron chi connectivity index (χ4n) is 3.95. The van der Waals surface area contributed by atoms with E-state index in [1.54, 1.807) is 10.9 Å². The molecule has 0 spiro atoms. The smallest absolute Gasteiger partial charge is 0.159 e. The molecule has 2 atom stereocenters. The first-order valence-electron chi connectivity index (χ1n) is 8.46. The number of aromatic nitrogens is 2. The van der Waals surface area contributed by atoms with Crippen LogP contribution in [0.4, 0.5) is 5.69 Å². The molecule has 1 aliphatic carbocycles. The molecule has 3 heterocycles. The number of fused-ring (bicyclic) bond motifs is 2. The van der Waals surface area contributed by atoms with Crippen molar-refractivity contribution in [2.75, 3.05) is 11.2 Å². The molecule has 5 rings (SSSR count). The van der Waals surface area contributed by atoms with E-state index in [1.807, 2.05) is 36.5 Å². The molecule has 0 amide bonds. The Morgan fingerprint density at radius 2 is 2.04 bits per heavy atom. The van der Waals surface area contributed by atoms with E-state index in [9.17, 15) is 0 Å². The van der Waals surface area contributed by atoms with Gasteiger partial charge in [-0.05, 0) is 35.8 Å². The topological polar surface area (TPSA) is 55.9 Å². The lowest BCUT2D eigenvalue weighted by Crippen LogP contribution is -2.21. The van der Waals surface area contributed by atoms with Crippen molar-refractivity contribution in [2.45, 2.75) is 17.8 Å². The zero-order valence-electron chi connectivity index (χ0n) is 13.8. The van der Waals surface area contributed by atoms with Crippen LogP contribution in [-0.2, 0) is 0 Å². The summed E-state index contributed by atoms with van der Waals surface area (Å²) in [4.78, 5) is 4.49. The average molecular weight is 383 g/mol. The largest absolute Gasteiger partial charge is 0.374 e. The van der Waals surface area contributed by atoms with Gasteiger partial charge in [0.15, 0.2) is 5.65 Å². The zero-order valence-corrected chi connectivity index (χ0v) is 15.3. The maximum Gasteiger partial charge on any atom is 0.159 e. The molecule has 2 unspecified atom stereocenters. The zero-order chi connectivity index (χ0) is 17.8. The van der Waals surface area contributed by atoms with Crippen molar-refractivity contribution >= 4 is 39.9 Å². The van der Waals surface area contributed by atoms with Crippen molar-refractivity contribution < 1.29 is 0 Å². The Bertz CT molecular complexity index is 1100. The van der Waals surface area contributed by atoms with Crippen molar-refractivity contribution in [3.8, 4) is 11.1 Å². The highest BCUT2D eigenvalue weighted by Crippen LogP contribution is 2.46. The number of nitrogens with two attached hydrogens (primary N) is 1. The highest BCUT2D eigenvalue weighted by Gasteiger charge is 2.32. The third-order valence-electron chi connectivity index (χ3n) is 5.10. The van der Waals surface area contributed by atoms with Gasteiger partial charge in [0.1, 0.15) is 0 Å². The molecule has 0 saturated heterocycles. The second kappa shape index (κ2) is 5.79. The van der Waals surface area contributed by atoms with Gasteiger partial charge in [0, 0.05) is 39.6 Å². The van der Waals surface area contributed by atoms with Gasteiger partial charge in [-0.15, -0.1) is 11.6 Å². The number of allylic oxidation sites excluding steroid dienone is 3. The average Bonchev–Trinajstić information content (AvgIpc) is 2.91. The van der Waals surface area contributed by atoms with Gasteiger partial charge >= 0.3 is 0 Å². The highest BCUT2D eigenvalue weighted by molar-refractivity contribution is 6.33. The minimum atomic E-state index is -0.174. The van der Waals surface area contributed by atoms with E-state index in [4.69, 9.17) is 29.0 Å². The van der Waals surface area contributed by atoms with Gasteiger partial charge in [-0.3, -0.25) is 4.68 Å². The second-order valence-electron chi connectivity index (χ2n) is 6.58. The third-order valence-corrected chi connectivity index (χ3v) is 5.86. The molecule has 0 bridgehead atoms. The Balaban J connectivity index is 1.87. The third kappa shape index (κ3) is 2.19. The number of hydrogen-bond acceptors (Lipinski definition) is 3. The van der Waals surface area contributed by atoms with Crippen LogP contribution in [0.1, 0.15) is 18.0 Å². The molecule has 130 valence electrons. The summed E-state index contributed by atoms with van der Waals surface area (Å²) in [6.45, 7) is 0. The number of alkyl halides is 1. The van der Waals surface area contributed by atoms with Crippen LogP contribution in [0.25, 0.3) is 22.2 Å². The maximum absolute atomic E-state index is 6.67. The molecule has 1 aromatic carbocycles. The first kappa shape index (κ1) is 15.8. The number of rotatable bonds is 1. The Kier molecular flexibility index (Phi) is 3.52. The molecule has 3 aromatic rings. The summed E-state index contributed by atoms with van der Waals surface area (Å²) in [7, 11) is 0. The van der Waals surface area contributed by atoms with E-state index in [0.717, 1.165) is 45.4 Å². The second-order valence-corrected chi connectivity index (χ2v) is 7.51. The van der Waals surface area contributed by atoms with E-state index in [1.165, 1.54) is 0 Å². The van der Waals surface area contributed by atoms with Crippen LogP contribution in [0.15, 0.2) is 65.5 Å². The number of nitrogens with one attached hydrogen (secondary N) is 1. The van der Waals surface area contributed by atoms with Gasteiger partial charge in [0.25, 0.3) is 0 Å². The molecule has 0 radical (unpaired) electrons. The van der Waals surface area contributed by atoms with Gasteiger partial charge in [0.2, 0.25) is 0 Å². The maximum atomic E-state index is 6.67. The number of halogens is 2. The van der Waals surface area contributed by atoms with E-state index < -0.39 is 0 Å². The SMILES string of the molecule is Nn1cc2c3c(ccnc31)-c1ccccc1NC2C1=C(Cl)C=CCC1Cl.